The third kappa shape index (κ3) is 2.88. The summed E-state index contributed by atoms with van der Waals surface area (Å²) in [7, 11) is 0. The van der Waals surface area contributed by atoms with Gasteiger partial charge in [-0.25, -0.2) is 0 Å². The number of carbonyl (C=O) groups is 1. The molecule has 2 aliphatic rings. The fourth-order valence-electron chi connectivity index (χ4n) is 3.54. The summed E-state index contributed by atoms with van der Waals surface area (Å²) in [6.07, 6.45) is 6.53. The van der Waals surface area contributed by atoms with Gasteiger partial charge in [0.05, 0.1) is 23.6 Å². The number of carbonyl (C=O) groups excluding carboxylic acids is 1. The van der Waals surface area contributed by atoms with Crippen LogP contribution in [0.5, 0.6) is 0 Å². The maximum atomic E-state index is 11.8. The van der Waals surface area contributed by atoms with Crippen LogP contribution >= 0.6 is 0 Å². The first kappa shape index (κ1) is 14.4. The van der Waals surface area contributed by atoms with Gasteiger partial charge in [0.2, 0.25) is 5.91 Å². The molecule has 0 bridgehead atoms. The molecule has 7 heteroatoms. The second-order valence-corrected chi connectivity index (χ2v) is 6.55. The number of aromatic nitrogens is 4. The normalized spacial score (nSPS) is 22.4. The number of anilines is 1. The number of rotatable bonds is 4. The number of nitrogens with zero attached hydrogens (tertiary/aromatic N) is 5. The van der Waals surface area contributed by atoms with Crippen molar-refractivity contribution >= 4 is 11.6 Å². The summed E-state index contributed by atoms with van der Waals surface area (Å²) in [5, 5.41) is 11.8. The van der Waals surface area contributed by atoms with E-state index in [1.807, 2.05) is 28.9 Å². The van der Waals surface area contributed by atoms with E-state index >= 15 is 0 Å². The minimum Gasteiger partial charge on any atom is -0.309 e. The summed E-state index contributed by atoms with van der Waals surface area (Å²) >= 11 is 0. The standard InChI is InChI=1S/C16H22N6O/c1-12-7-13(19-18-12)9-20-6-4-14(10-20)22-11-15(8-17-22)21-5-2-3-16(21)23/h7-8,11,14H,2-6,9-10H2,1H3,(H,18,19). The minimum absolute atomic E-state index is 0.214. The molecule has 23 heavy (non-hydrogen) atoms. The topological polar surface area (TPSA) is 70.1 Å². The molecule has 1 atom stereocenters. The molecule has 0 radical (unpaired) electrons. The quantitative estimate of drug-likeness (QED) is 0.928. The van der Waals surface area contributed by atoms with Gasteiger partial charge in [-0.05, 0) is 25.8 Å². The Morgan fingerprint density at radius 3 is 3.04 bits per heavy atom. The minimum atomic E-state index is 0.214. The number of nitrogens with one attached hydrogen (secondary N) is 1. The van der Waals surface area contributed by atoms with Crippen molar-refractivity contribution < 1.29 is 4.79 Å². The average Bonchev–Trinajstić information content (AvgIpc) is 3.27. The molecule has 0 saturated carbocycles. The summed E-state index contributed by atoms with van der Waals surface area (Å²) < 4.78 is 2.02. The van der Waals surface area contributed by atoms with Crippen LogP contribution in [0.2, 0.25) is 0 Å². The number of aryl methyl sites for hydroxylation is 1. The zero-order chi connectivity index (χ0) is 15.8. The van der Waals surface area contributed by atoms with Gasteiger partial charge in [0.25, 0.3) is 0 Å². The molecule has 1 N–H and O–H groups in total. The average molecular weight is 314 g/mol. The molecule has 0 aliphatic carbocycles. The van der Waals surface area contributed by atoms with Crippen LogP contribution in [0.15, 0.2) is 18.5 Å². The predicted molar refractivity (Wildman–Crippen MR) is 86.1 cm³/mol. The van der Waals surface area contributed by atoms with Crippen molar-refractivity contribution in [3.05, 3.63) is 29.8 Å². The highest BCUT2D eigenvalue weighted by atomic mass is 16.2. The fourth-order valence-corrected chi connectivity index (χ4v) is 3.54. The molecule has 7 nitrogen and oxygen atoms in total. The molecule has 122 valence electrons. The maximum Gasteiger partial charge on any atom is 0.227 e. The van der Waals surface area contributed by atoms with Crippen LogP contribution in [0, 0.1) is 6.92 Å². The van der Waals surface area contributed by atoms with Crippen LogP contribution in [0.1, 0.15) is 36.7 Å². The molecule has 0 spiro atoms. The van der Waals surface area contributed by atoms with Crippen molar-refractivity contribution in [2.75, 3.05) is 24.5 Å². The molecule has 1 unspecified atom stereocenters. The van der Waals surface area contributed by atoms with E-state index in [9.17, 15) is 4.79 Å². The summed E-state index contributed by atoms with van der Waals surface area (Å²) in [4.78, 5) is 16.1. The molecule has 4 rings (SSSR count). The van der Waals surface area contributed by atoms with E-state index in [-0.39, 0.29) is 5.91 Å². The first-order valence-corrected chi connectivity index (χ1v) is 8.27. The molecule has 0 aromatic carbocycles. The lowest BCUT2D eigenvalue weighted by Gasteiger charge is -2.15. The number of hydrogen-bond donors (Lipinski definition) is 1. The number of H-pyrrole nitrogens is 1. The third-order valence-electron chi connectivity index (χ3n) is 4.74. The smallest absolute Gasteiger partial charge is 0.227 e. The van der Waals surface area contributed by atoms with Crippen molar-refractivity contribution in [3.8, 4) is 0 Å². The van der Waals surface area contributed by atoms with Gasteiger partial charge in [-0.1, -0.05) is 0 Å². The molecule has 1 amide bonds. The van der Waals surface area contributed by atoms with Gasteiger partial charge in [0, 0.05) is 44.5 Å². The molecule has 2 aromatic rings. The van der Waals surface area contributed by atoms with Gasteiger partial charge >= 0.3 is 0 Å². The van der Waals surface area contributed by atoms with E-state index in [2.05, 4.69) is 26.3 Å². The number of amides is 1. The van der Waals surface area contributed by atoms with Gasteiger partial charge < -0.3 is 4.90 Å². The van der Waals surface area contributed by atoms with Gasteiger partial charge in [0.15, 0.2) is 0 Å². The van der Waals surface area contributed by atoms with Gasteiger partial charge in [-0.3, -0.25) is 19.5 Å². The van der Waals surface area contributed by atoms with Gasteiger partial charge in [-0.15, -0.1) is 0 Å². The Hall–Kier alpha value is -2.15. The highest BCUT2D eigenvalue weighted by Crippen LogP contribution is 2.26. The molecule has 4 heterocycles. The fraction of sp³-hybridized carbons (Fsp3) is 0.562. The van der Waals surface area contributed by atoms with Crippen LogP contribution in [0.25, 0.3) is 0 Å². The van der Waals surface area contributed by atoms with Crippen molar-refractivity contribution in [1.82, 2.24) is 24.9 Å². The van der Waals surface area contributed by atoms with E-state index in [0.717, 1.165) is 56.1 Å². The van der Waals surface area contributed by atoms with Crippen LogP contribution in [-0.4, -0.2) is 50.4 Å². The zero-order valence-corrected chi connectivity index (χ0v) is 13.4. The van der Waals surface area contributed by atoms with Crippen LogP contribution in [0.3, 0.4) is 0 Å². The van der Waals surface area contributed by atoms with Crippen molar-refractivity contribution in [2.24, 2.45) is 0 Å². The summed E-state index contributed by atoms with van der Waals surface area (Å²) in [5.74, 6) is 0.214. The Balaban J connectivity index is 1.40. The monoisotopic (exact) mass is 314 g/mol. The Kier molecular flexibility index (Phi) is 3.65. The lowest BCUT2D eigenvalue weighted by Crippen LogP contribution is -2.23. The van der Waals surface area contributed by atoms with E-state index in [4.69, 9.17) is 0 Å². The third-order valence-corrected chi connectivity index (χ3v) is 4.74. The van der Waals surface area contributed by atoms with Crippen molar-refractivity contribution in [3.63, 3.8) is 0 Å². The molecule has 2 fully saturated rings. The molecule has 2 aliphatic heterocycles. The highest BCUT2D eigenvalue weighted by Gasteiger charge is 2.27. The maximum absolute atomic E-state index is 11.8. The van der Waals surface area contributed by atoms with E-state index in [1.165, 1.54) is 0 Å². The molecular formula is C16H22N6O. The summed E-state index contributed by atoms with van der Waals surface area (Å²) in [6.45, 7) is 5.74. The summed E-state index contributed by atoms with van der Waals surface area (Å²) in [5.41, 5.74) is 3.13. The Morgan fingerprint density at radius 2 is 2.30 bits per heavy atom. The van der Waals surface area contributed by atoms with Crippen molar-refractivity contribution in [2.45, 2.75) is 38.8 Å². The first-order chi connectivity index (χ1) is 11.2. The van der Waals surface area contributed by atoms with E-state index in [0.29, 0.717) is 12.5 Å². The lowest BCUT2D eigenvalue weighted by molar-refractivity contribution is -0.117. The van der Waals surface area contributed by atoms with Gasteiger partial charge in [0.1, 0.15) is 0 Å². The molecule has 2 saturated heterocycles. The van der Waals surface area contributed by atoms with Crippen LogP contribution in [0.4, 0.5) is 5.69 Å². The Labute approximate surface area is 135 Å². The Morgan fingerprint density at radius 1 is 1.39 bits per heavy atom. The van der Waals surface area contributed by atoms with E-state index in [1.54, 1.807) is 0 Å². The predicted octanol–water partition coefficient (Wildman–Crippen LogP) is 1.49. The summed E-state index contributed by atoms with van der Waals surface area (Å²) in [6, 6.07) is 2.47. The zero-order valence-electron chi connectivity index (χ0n) is 13.4. The number of hydrogen-bond acceptors (Lipinski definition) is 4. The second-order valence-electron chi connectivity index (χ2n) is 6.55. The molecule has 2 aromatic heterocycles. The number of aromatic amines is 1. The molecular weight excluding hydrogens is 292 g/mol. The Bertz CT molecular complexity index is 705. The van der Waals surface area contributed by atoms with Crippen LogP contribution in [-0.2, 0) is 11.3 Å². The largest absolute Gasteiger partial charge is 0.309 e. The lowest BCUT2D eigenvalue weighted by atomic mass is 10.3. The number of likely N-dealkylation sites (tertiary alicyclic amines) is 1. The van der Waals surface area contributed by atoms with E-state index < -0.39 is 0 Å². The first-order valence-electron chi connectivity index (χ1n) is 8.27. The SMILES string of the molecule is Cc1cc(CN2CCC(n3cc(N4CCCC4=O)cn3)C2)n[nH]1. The van der Waals surface area contributed by atoms with Crippen LogP contribution < -0.4 is 4.90 Å². The van der Waals surface area contributed by atoms with Gasteiger partial charge in [-0.2, -0.15) is 10.2 Å². The van der Waals surface area contributed by atoms with Crippen molar-refractivity contribution in [1.29, 1.82) is 0 Å². The highest BCUT2D eigenvalue weighted by molar-refractivity contribution is 5.95. The second kappa shape index (κ2) is 5.81.